The van der Waals surface area contributed by atoms with Crippen LogP contribution in [0.3, 0.4) is 0 Å². The van der Waals surface area contributed by atoms with Crippen LogP contribution in [0.15, 0.2) is 18.2 Å². The van der Waals surface area contributed by atoms with E-state index in [1.807, 2.05) is 25.1 Å². The molecule has 0 radical (unpaired) electrons. The fraction of sp³-hybridized carbons (Fsp3) is 0.467. The molecule has 1 amide bonds. The molecule has 1 aromatic rings. The van der Waals surface area contributed by atoms with Crippen LogP contribution in [0.1, 0.15) is 37.8 Å². The van der Waals surface area contributed by atoms with Crippen molar-refractivity contribution in [3.05, 3.63) is 23.8 Å². The number of rotatable bonds is 5. The molecule has 3 N–H and O–H groups in total. The highest BCUT2D eigenvalue weighted by Crippen LogP contribution is 2.33. The second-order valence-electron chi connectivity index (χ2n) is 5.16. The van der Waals surface area contributed by atoms with Gasteiger partial charge in [0.2, 0.25) is 5.91 Å². The van der Waals surface area contributed by atoms with Gasteiger partial charge < -0.3 is 20.5 Å². The predicted octanol–water partition coefficient (Wildman–Crippen LogP) is 1.69. The van der Waals surface area contributed by atoms with Gasteiger partial charge in [-0.25, -0.2) is 0 Å². The fourth-order valence-electron chi connectivity index (χ4n) is 2.30. The highest BCUT2D eigenvalue weighted by molar-refractivity contribution is 5.95. The van der Waals surface area contributed by atoms with Crippen LogP contribution in [-0.4, -0.2) is 30.1 Å². The lowest BCUT2D eigenvalue weighted by Crippen LogP contribution is -2.31. The second kappa shape index (κ2) is 6.58. The first kappa shape index (κ1) is 15.3. The smallest absolute Gasteiger partial charge is 0.303 e. The standard InChI is InChI=1S/C15H20N2O4/c1-10(16)11-4-5-13-12(9-11)17(7-2-3-15(19)20)14(18)6-8-21-13/h4-5,9-10H,2-3,6-8,16H2,1H3,(H,19,20). The zero-order valence-electron chi connectivity index (χ0n) is 12.0. The number of ether oxygens (including phenoxy) is 1. The molecule has 0 bridgehead atoms. The van der Waals surface area contributed by atoms with E-state index in [1.54, 1.807) is 4.90 Å². The van der Waals surface area contributed by atoms with E-state index < -0.39 is 5.97 Å². The number of fused-ring (bicyclic) bond motifs is 1. The predicted molar refractivity (Wildman–Crippen MR) is 78.4 cm³/mol. The number of nitrogens with two attached hydrogens (primary N) is 1. The number of carboxylic acid groups (broad SMARTS) is 1. The Kier molecular flexibility index (Phi) is 4.80. The number of anilines is 1. The molecular weight excluding hydrogens is 272 g/mol. The van der Waals surface area contributed by atoms with E-state index in [9.17, 15) is 9.59 Å². The van der Waals surface area contributed by atoms with Crippen molar-refractivity contribution in [1.82, 2.24) is 0 Å². The average molecular weight is 292 g/mol. The lowest BCUT2D eigenvalue weighted by atomic mass is 10.1. The average Bonchev–Trinajstić information content (AvgIpc) is 2.57. The Morgan fingerprint density at radius 3 is 2.95 bits per heavy atom. The number of hydrogen-bond acceptors (Lipinski definition) is 4. The molecule has 6 nitrogen and oxygen atoms in total. The Bertz CT molecular complexity index is 542. The van der Waals surface area contributed by atoms with E-state index in [0.29, 0.717) is 31.0 Å². The van der Waals surface area contributed by atoms with Gasteiger partial charge in [0.25, 0.3) is 0 Å². The lowest BCUT2D eigenvalue weighted by Gasteiger charge is -2.23. The molecule has 0 saturated heterocycles. The number of hydrogen-bond donors (Lipinski definition) is 2. The Balaban J connectivity index is 2.27. The zero-order valence-corrected chi connectivity index (χ0v) is 12.0. The number of carbonyl (C=O) groups excluding carboxylic acids is 1. The minimum Gasteiger partial charge on any atom is -0.491 e. The summed E-state index contributed by atoms with van der Waals surface area (Å²) in [4.78, 5) is 24.4. The highest BCUT2D eigenvalue weighted by atomic mass is 16.5. The van der Waals surface area contributed by atoms with Crippen LogP contribution in [-0.2, 0) is 9.59 Å². The summed E-state index contributed by atoms with van der Waals surface area (Å²) in [5.41, 5.74) is 7.47. The van der Waals surface area contributed by atoms with Crippen LogP contribution in [0.2, 0.25) is 0 Å². The van der Waals surface area contributed by atoms with Crippen LogP contribution in [0, 0.1) is 0 Å². The molecule has 114 valence electrons. The first-order chi connectivity index (χ1) is 9.99. The number of carbonyl (C=O) groups is 2. The third kappa shape index (κ3) is 3.72. The summed E-state index contributed by atoms with van der Waals surface area (Å²) in [7, 11) is 0. The summed E-state index contributed by atoms with van der Waals surface area (Å²) in [6, 6.07) is 5.41. The summed E-state index contributed by atoms with van der Waals surface area (Å²) in [5.74, 6) is -0.278. The van der Waals surface area contributed by atoms with E-state index in [4.69, 9.17) is 15.6 Å². The normalized spacial score (nSPS) is 15.9. The maximum atomic E-state index is 12.2. The van der Waals surface area contributed by atoms with Gasteiger partial charge in [-0.2, -0.15) is 0 Å². The molecule has 1 aliphatic heterocycles. The van der Waals surface area contributed by atoms with Crippen LogP contribution >= 0.6 is 0 Å². The number of amides is 1. The van der Waals surface area contributed by atoms with E-state index in [2.05, 4.69) is 0 Å². The Hall–Kier alpha value is -2.08. The van der Waals surface area contributed by atoms with Gasteiger partial charge in [-0.3, -0.25) is 9.59 Å². The van der Waals surface area contributed by atoms with Gasteiger partial charge in [0, 0.05) is 19.0 Å². The van der Waals surface area contributed by atoms with Crippen molar-refractivity contribution >= 4 is 17.6 Å². The van der Waals surface area contributed by atoms with E-state index >= 15 is 0 Å². The Morgan fingerprint density at radius 2 is 2.29 bits per heavy atom. The van der Waals surface area contributed by atoms with Crippen molar-refractivity contribution in [2.75, 3.05) is 18.1 Å². The summed E-state index contributed by atoms with van der Waals surface area (Å²) < 4.78 is 5.59. The van der Waals surface area contributed by atoms with Crippen LogP contribution in [0.5, 0.6) is 5.75 Å². The monoisotopic (exact) mass is 292 g/mol. The van der Waals surface area contributed by atoms with Crippen LogP contribution in [0.4, 0.5) is 5.69 Å². The highest BCUT2D eigenvalue weighted by Gasteiger charge is 2.23. The van der Waals surface area contributed by atoms with Gasteiger partial charge in [-0.1, -0.05) is 6.07 Å². The molecule has 1 aromatic carbocycles. The van der Waals surface area contributed by atoms with E-state index in [1.165, 1.54) is 0 Å². The van der Waals surface area contributed by atoms with Crippen molar-refractivity contribution in [2.24, 2.45) is 5.73 Å². The molecule has 0 spiro atoms. The molecular formula is C15H20N2O4. The number of carboxylic acids is 1. The van der Waals surface area contributed by atoms with Gasteiger partial charge in [0.15, 0.2) is 0 Å². The minimum absolute atomic E-state index is 0.0347. The van der Waals surface area contributed by atoms with Crippen LogP contribution < -0.4 is 15.4 Å². The first-order valence-corrected chi connectivity index (χ1v) is 7.03. The van der Waals surface area contributed by atoms with E-state index in [0.717, 1.165) is 5.56 Å². The van der Waals surface area contributed by atoms with Gasteiger partial charge in [0.05, 0.1) is 18.7 Å². The largest absolute Gasteiger partial charge is 0.491 e. The molecule has 2 rings (SSSR count). The third-order valence-corrected chi connectivity index (χ3v) is 3.45. The summed E-state index contributed by atoms with van der Waals surface area (Å²) in [5, 5.41) is 8.73. The number of nitrogens with zero attached hydrogens (tertiary/aromatic N) is 1. The Morgan fingerprint density at radius 1 is 1.52 bits per heavy atom. The SMILES string of the molecule is CC(N)c1ccc2c(c1)N(CCCC(=O)O)C(=O)CCO2. The molecule has 21 heavy (non-hydrogen) atoms. The molecule has 0 aliphatic carbocycles. The number of aliphatic carboxylic acids is 1. The molecule has 0 saturated carbocycles. The van der Waals surface area contributed by atoms with Crippen molar-refractivity contribution < 1.29 is 19.4 Å². The molecule has 1 unspecified atom stereocenters. The summed E-state index contributed by atoms with van der Waals surface area (Å²) in [6.45, 7) is 2.57. The summed E-state index contributed by atoms with van der Waals surface area (Å²) in [6.07, 6.45) is 0.727. The Labute approximate surface area is 123 Å². The molecule has 0 fully saturated rings. The maximum absolute atomic E-state index is 12.2. The zero-order chi connectivity index (χ0) is 15.4. The van der Waals surface area contributed by atoms with Crippen LogP contribution in [0.25, 0.3) is 0 Å². The molecule has 6 heteroatoms. The minimum atomic E-state index is -0.863. The van der Waals surface area contributed by atoms with Gasteiger partial charge in [-0.05, 0) is 31.0 Å². The molecule has 1 atom stereocenters. The number of benzene rings is 1. The topological polar surface area (TPSA) is 92.9 Å². The van der Waals surface area contributed by atoms with Crippen molar-refractivity contribution in [2.45, 2.75) is 32.2 Å². The van der Waals surface area contributed by atoms with Gasteiger partial charge in [0.1, 0.15) is 5.75 Å². The molecule has 1 heterocycles. The van der Waals surface area contributed by atoms with Crippen molar-refractivity contribution in [3.63, 3.8) is 0 Å². The molecule has 0 aromatic heterocycles. The third-order valence-electron chi connectivity index (χ3n) is 3.45. The van der Waals surface area contributed by atoms with Crippen molar-refractivity contribution in [1.29, 1.82) is 0 Å². The first-order valence-electron chi connectivity index (χ1n) is 7.03. The fourth-order valence-corrected chi connectivity index (χ4v) is 2.30. The van der Waals surface area contributed by atoms with Crippen molar-refractivity contribution in [3.8, 4) is 5.75 Å². The summed E-state index contributed by atoms with van der Waals surface area (Å²) >= 11 is 0. The van der Waals surface area contributed by atoms with E-state index in [-0.39, 0.29) is 24.8 Å². The quantitative estimate of drug-likeness (QED) is 0.861. The maximum Gasteiger partial charge on any atom is 0.303 e. The van der Waals surface area contributed by atoms with Gasteiger partial charge >= 0.3 is 5.97 Å². The lowest BCUT2D eigenvalue weighted by molar-refractivity contribution is -0.137. The second-order valence-corrected chi connectivity index (χ2v) is 5.16. The van der Waals surface area contributed by atoms with Gasteiger partial charge in [-0.15, -0.1) is 0 Å². The molecule has 1 aliphatic rings.